The van der Waals surface area contributed by atoms with Crippen LogP contribution in [0.25, 0.3) is 10.6 Å². The molecule has 2 aromatic heterocycles. The highest BCUT2D eigenvalue weighted by Gasteiger charge is 2.35. The lowest BCUT2D eigenvalue weighted by molar-refractivity contribution is 0.0487. The van der Waals surface area contributed by atoms with Crippen LogP contribution < -0.4 is 15.6 Å². The highest BCUT2D eigenvalue weighted by atomic mass is 32.1. The van der Waals surface area contributed by atoms with Crippen LogP contribution in [0.2, 0.25) is 0 Å². The van der Waals surface area contributed by atoms with Crippen molar-refractivity contribution in [2.24, 2.45) is 7.05 Å². The smallest absolute Gasteiger partial charge is 0.277 e. The van der Waals surface area contributed by atoms with Gasteiger partial charge in [0.2, 0.25) is 0 Å². The summed E-state index contributed by atoms with van der Waals surface area (Å²) in [6.07, 6.45) is 1.64. The first-order chi connectivity index (χ1) is 16.3. The van der Waals surface area contributed by atoms with Gasteiger partial charge in [-0.05, 0) is 56.9 Å². The molecule has 0 radical (unpaired) electrons. The van der Waals surface area contributed by atoms with Gasteiger partial charge in [0.1, 0.15) is 15.6 Å². The molecule has 0 bridgehead atoms. The number of nitrogens with zero attached hydrogens (tertiary/aromatic N) is 3. The Balaban J connectivity index is 1.59. The van der Waals surface area contributed by atoms with Crippen molar-refractivity contribution in [2.45, 2.75) is 39.0 Å². The van der Waals surface area contributed by atoms with Gasteiger partial charge in [0.05, 0.1) is 24.1 Å². The van der Waals surface area contributed by atoms with Gasteiger partial charge in [0, 0.05) is 32.2 Å². The fourth-order valence-electron chi connectivity index (χ4n) is 4.42. The second kappa shape index (κ2) is 9.68. The number of methoxy groups -OCH3 is 1. The van der Waals surface area contributed by atoms with Crippen molar-refractivity contribution in [3.05, 3.63) is 62.0 Å². The monoisotopic (exact) mass is 482 g/mol. The van der Waals surface area contributed by atoms with E-state index in [-0.39, 0.29) is 16.9 Å². The second-order valence-electron chi connectivity index (χ2n) is 8.75. The molecule has 4 rings (SSSR count). The zero-order chi connectivity index (χ0) is 24.5. The summed E-state index contributed by atoms with van der Waals surface area (Å²) in [7, 11) is 3.27. The highest BCUT2D eigenvalue weighted by molar-refractivity contribution is 7.17. The molecule has 1 N–H and O–H groups in total. The Morgan fingerprint density at radius 1 is 1.18 bits per heavy atom. The zero-order valence-corrected chi connectivity index (χ0v) is 21.0. The average Bonchev–Trinajstić information content (AvgIpc) is 3.23. The second-order valence-corrected chi connectivity index (χ2v) is 9.75. The molecule has 1 aromatic carbocycles. The van der Waals surface area contributed by atoms with Crippen molar-refractivity contribution in [1.82, 2.24) is 20.1 Å². The van der Waals surface area contributed by atoms with E-state index >= 15 is 0 Å². The summed E-state index contributed by atoms with van der Waals surface area (Å²) in [5.41, 5.74) is 3.38. The lowest BCUT2D eigenvalue weighted by Crippen LogP contribution is -2.44. The summed E-state index contributed by atoms with van der Waals surface area (Å²) in [4.78, 5) is 31.1. The van der Waals surface area contributed by atoms with Crippen LogP contribution in [0.1, 0.15) is 45.0 Å². The Bertz CT molecular complexity index is 1260. The van der Waals surface area contributed by atoms with E-state index in [0.717, 1.165) is 35.4 Å². The SMILES string of the molecule is COc1ccc(C2(CNC(=O)c3sc(-c4c(C)c(C)nn(C)c4=O)nc3C)CCOCC2)cc1. The van der Waals surface area contributed by atoms with E-state index in [4.69, 9.17) is 9.47 Å². The Labute approximate surface area is 202 Å². The molecule has 9 heteroatoms. The normalized spacial score (nSPS) is 15.2. The van der Waals surface area contributed by atoms with Gasteiger partial charge < -0.3 is 14.8 Å². The summed E-state index contributed by atoms with van der Waals surface area (Å²) in [6, 6.07) is 8.04. The van der Waals surface area contributed by atoms with Gasteiger partial charge in [0.25, 0.3) is 11.5 Å². The molecule has 1 fully saturated rings. The number of aromatic nitrogens is 3. The summed E-state index contributed by atoms with van der Waals surface area (Å²) in [5, 5.41) is 7.92. The number of hydrogen-bond acceptors (Lipinski definition) is 7. The first-order valence-corrected chi connectivity index (χ1v) is 12.1. The van der Waals surface area contributed by atoms with Crippen LogP contribution in [0, 0.1) is 20.8 Å². The molecule has 1 saturated heterocycles. The van der Waals surface area contributed by atoms with E-state index in [1.54, 1.807) is 21.1 Å². The van der Waals surface area contributed by atoms with Crippen molar-refractivity contribution in [2.75, 3.05) is 26.9 Å². The van der Waals surface area contributed by atoms with Crippen molar-refractivity contribution < 1.29 is 14.3 Å². The summed E-state index contributed by atoms with van der Waals surface area (Å²) >= 11 is 1.25. The van der Waals surface area contributed by atoms with Crippen LogP contribution in [-0.2, 0) is 17.2 Å². The van der Waals surface area contributed by atoms with E-state index in [0.29, 0.717) is 40.9 Å². The lowest BCUT2D eigenvalue weighted by atomic mass is 9.74. The zero-order valence-electron chi connectivity index (χ0n) is 20.2. The van der Waals surface area contributed by atoms with E-state index in [2.05, 4.69) is 27.5 Å². The standard InChI is InChI=1S/C25H30N4O4S/c1-15-16(2)28-29(4)24(31)20(15)23-27-17(3)21(34-23)22(30)26-14-25(10-12-33-13-11-25)18-6-8-19(32-5)9-7-18/h6-9H,10-14H2,1-5H3,(H,26,30). The van der Waals surface area contributed by atoms with Crippen LogP contribution in [0.4, 0.5) is 0 Å². The minimum Gasteiger partial charge on any atom is -0.497 e. The Morgan fingerprint density at radius 3 is 2.50 bits per heavy atom. The molecule has 34 heavy (non-hydrogen) atoms. The summed E-state index contributed by atoms with van der Waals surface area (Å²) in [5.74, 6) is 0.622. The van der Waals surface area contributed by atoms with Gasteiger partial charge in [-0.25, -0.2) is 9.67 Å². The molecule has 180 valence electrons. The van der Waals surface area contributed by atoms with E-state index in [9.17, 15) is 9.59 Å². The van der Waals surface area contributed by atoms with Gasteiger partial charge in [-0.15, -0.1) is 11.3 Å². The number of benzene rings is 1. The van der Waals surface area contributed by atoms with Crippen molar-refractivity contribution in [3.63, 3.8) is 0 Å². The molecule has 0 aliphatic carbocycles. The quantitative estimate of drug-likeness (QED) is 0.579. The number of ether oxygens (including phenoxy) is 2. The van der Waals surface area contributed by atoms with Gasteiger partial charge in [-0.3, -0.25) is 9.59 Å². The molecule has 0 unspecified atom stereocenters. The van der Waals surface area contributed by atoms with Gasteiger partial charge in [-0.1, -0.05) is 12.1 Å². The van der Waals surface area contributed by atoms with E-state index < -0.39 is 0 Å². The first-order valence-electron chi connectivity index (χ1n) is 11.3. The predicted octanol–water partition coefficient (Wildman–Crippen LogP) is 3.32. The number of carbonyl (C=O) groups excluding carboxylic acids is 1. The van der Waals surface area contributed by atoms with Crippen molar-refractivity contribution in [3.8, 4) is 16.3 Å². The van der Waals surface area contributed by atoms with Crippen LogP contribution in [0.15, 0.2) is 29.1 Å². The topological polar surface area (TPSA) is 95.3 Å². The van der Waals surface area contributed by atoms with E-state index in [1.165, 1.54) is 16.0 Å². The van der Waals surface area contributed by atoms with Gasteiger partial charge >= 0.3 is 0 Å². The highest BCUT2D eigenvalue weighted by Crippen LogP contribution is 2.35. The summed E-state index contributed by atoms with van der Waals surface area (Å²) < 4.78 is 12.2. The van der Waals surface area contributed by atoms with Crippen LogP contribution >= 0.6 is 11.3 Å². The van der Waals surface area contributed by atoms with Crippen molar-refractivity contribution in [1.29, 1.82) is 0 Å². The van der Waals surface area contributed by atoms with Crippen molar-refractivity contribution >= 4 is 17.2 Å². The Morgan fingerprint density at radius 2 is 1.85 bits per heavy atom. The van der Waals surface area contributed by atoms with Crippen LogP contribution in [-0.4, -0.2) is 47.5 Å². The minimum absolute atomic E-state index is 0.180. The van der Waals surface area contributed by atoms with Gasteiger partial charge in [0.15, 0.2) is 0 Å². The van der Waals surface area contributed by atoms with E-state index in [1.807, 2.05) is 26.0 Å². The maximum absolute atomic E-state index is 13.2. The number of thiazole rings is 1. The fourth-order valence-corrected chi connectivity index (χ4v) is 5.49. The third kappa shape index (κ3) is 4.50. The molecule has 8 nitrogen and oxygen atoms in total. The number of nitrogens with one attached hydrogen (secondary N) is 1. The average molecular weight is 483 g/mol. The third-order valence-electron chi connectivity index (χ3n) is 6.68. The first kappa shape index (κ1) is 24.1. The Hall–Kier alpha value is -3.04. The fraction of sp³-hybridized carbons (Fsp3) is 0.440. The van der Waals surface area contributed by atoms with Crippen LogP contribution in [0.3, 0.4) is 0 Å². The molecule has 1 amide bonds. The molecular weight excluding hydrogens is 452 g/mol. The number of hydrogen-bond donors (Lipinski definition) is 1. The largest absolute Gasteiger partial charge is 0.497 e. The molecule has 1 aliphatic heterocycles. The molecule has 0 atom stereocenters. The molecule has 0 spiro atoms. The lowest BCUT2D eigenvalue weighted by Gasteiger charge is -2.38. The molecule has 3 aromatic rings. The minimum atomic E-state index is -0.218. The maximum atomic E-state index is 13.2. The Kier molecular flexibility index (Phi) is 6.86. The molecular formula is C25H30N4O4S. The third-order valence-corrected chi connectivity index (χ3v) is 7.86. The predicted molar refractivity (Wildman–Crippen MR) is 132 cm³/mol. The number of carbonyl (C=O) groups is 1. The molecule has 3 heterocycles. The number of rotatable bonds is 6. The molecule has 0 saturated carbocycles. The number of amides is 1. The number of aryl methyl sites for hydroxylation is 3. The maximum Gasteiger partial charge on any atom is 0.277 e. The van der Waals surface area contributed by atoms with Crippen LogP contribution in [0.5, 0.6) is 5.75 Å². The van der Waals surface area contributed by atoms with Gasteiger partial charge in [-0.2, -0.15) is 5.10 Å². The summed E-state index contributed by atoms with van der Waals surface area (Å²) in [6.45, 7) is 7.31. The molecule has 1 aliphatic rings.